The highest BCUT2D eigenvalue weighted by molar-refractivity contribution is 6.42. The smallest absolute Gasteiger partial charge is 0.0624 e. The third kappa shape index (κ3) is 5.17. The van der Waals surface area contributed by atoms with Gasteiger partial charge < -0.3 is 5.32 Å². The topological polar surface area (TPSA) is 12.0 Å². The van der Waals surface area contributed by atoms with Crippen LogP contribution < -0.4 is 5.32 Å². The van der Waals surface area contributed by atoms with E-state index >= 15 is 0 Å². The molecule has 0 radical (unpaired) electrons. The minimum absolute atomic E-state index is 0.628. The van der Waals surface area contributed by atoms with Gasteiger partial charge in [-0.25, -0.2) is 0 Å². The van der Waals surface area contributed by atoms with Gasteiger partial charge in [-0.1, -0.05) is 49.2 Å². The average Bonchev–Trinajstić information content (AvgIpc) is 2.38. The zero-order valence-electron chi connectivity index (χ0n) is 11.3. The van der Waals surface area contributed by atoms with Crippen LogP contribution in [0.5, 0.6) is 0 Å². The maximum absolute atomic E-state index is 6.18. The van der Waals surface area contributed by atoms with Crippen molar-refractivity contribution in [2.24, 2.45) is 0 Å². The molecule has 1 aromatic rings. The fraction of sp³-hybridized carbons (Fsp3) is 0.600. The predicted molar refractivity (Wildman–Crippen MR) is 81.8 cm³/mol. The lowest BCUT2D eigenvalue weighted by molar-refractivity contribution is 0.456. The molecule has 18 heavy (non-hydrogen) atoms. The van der Waals surface area contributed by atoms with Gasteiger partial charge in [0.25, 0.3) is 0 Å². The average molecular weight is 288 g/mol. The second kappa shape index (κ2) is 8.79. The van der Waals surface area contributed by atoms with E-state index in [0.29, 0.717) is 16.1 Å². The lowest BCUT2D eigenvalue weighted by Crippen LogP contribution is -2.29. The molecule has 1 unspecified atom stereocenters. The first-order valence-electron chi connectivity index (χ1n) is 6.85. The molecule has 0 aliphatic carbocycles. The van der Waals surface area contributed by atoms with Crippen LogP contribution >= 0.6 is 23.2 Å². The Hall–Kier alpha value is -0.240. The van der Waals surface area contributed by atoms with Crippen molar-refractivity contribution >= 4 is 23.2 Å². The van der Waals surface area contributed by atoms with Crippen molar-refractivity contribution in [3.05, 3.63) is 33.8 Å². The summed E-state index contributed by atoms with van der Waals surface area (Å²) in [7, 11) is 0. The largest absolute Gasteiger partial charge is 0.314 e. The standard InChI is InChI=1S/C15H23Cl2N/c1-3-11-18-13(4-2)9-5-7-12-8-6-10-14(16)15(12)17/h6,8,10,13,18H,3-5,7,9,11H2,1-2H3. The van der Waals surface area contributed by atoms with Crippen molar-refractivity contribution in [1.29, 1.82) is 0 Å². The van der Waals surface area contributed by atoms with E-state index in [0.717, 1.165) is 24.9 Å². The van der Waals surface area contributed by atoms with E-state index in [1.807, 2.05) is 12.1 Å². The van der Waals surface area contributed by atoms with Crippen molar-refractivity contribution in [2.45, 2.75) is 52.0 Å². The van der Waals surface area contributed by atoms with Gasteiger partial charge in [-0.05, 0) is 50.3 Å². The summed E-state index contributed by atoms with van der Waals surface area (Å²) in [6.07, 6.45) is 5.72. The molecule has 0 saturated heterocycles. The molecule has 0 amide bonds. The number of hydrogen-bond acceptors (Lipinski definition) is 1. The van der Waals surface area contributed by atoms with Gasteiger partial charge >= 0.3 is 0 Å². The number of rotatable bonds is 8. The van der Waals surface area contributed by atoms with E-state index in [1.165, 1.54) is 19.3 Å². The summed E-state index contributed by atoms with van der Waals surface area (Å²) in [5.74, 6) is 0. The van der Waals surface area contributed by atoms with Gasteiger partial charge in [0.15, 0.2) is 0 Å². The van der Waals surface area contributed by atoms with Crippen molar-refractivity contribution in [2.75, 3.05) is 6.54 Å². The molecule has 0 bridgehead atoms. The van der Waals surface area contributed by atoms with Crippen LogP contribution in [0.1, 0.15) is 45.1 Å². The lowest BCUT2D eigenvalue weighted by Gasteiger charge is -2.16. The third-order valence-electron chi connectivity index (χ3n) is 3.21. The van der Waals surface area contributed by atoms with Crippen molar-refractivity contribution in [3.63, 3.8) is 0 Å². The number of hydrogen-bond donors (Lipinski definition) is 1. The fourth-order valence-electron chi connectivity index (χ4n) is 2.08. The molecule has 1 rings (SSSR count). The Morgan fingerprint density at radius 3 is 2.67 bits per heavy atom. The van der Waals surface area contributed by atoms with Gasteiger partial charge in [0.2, 0.25) is 0 Å². The zero-order valence-corrected chi connectivity index (χ0v) is 12.8. The first-order chi connectivity index (χ1) is 8.69. The van der Waals surface area contributed by atoms with Crippen LogP contribution in [-0.2, 0) is 6.42 Å². The Bertz CT molecular complexity index is 352. The Morgan fingerprint density at radius 1 is 1.22 bits per heavy atom. The molecular formula is C15H23Cl2N. The van der Waals surface area contributed by atoms with Gasteiger partial charge in [0, 0.05) is 6.04 Å². The quantitative estimate of drug-likeness (QED) is 0.702. The summed E-state index contributed by atoms with van der Waals surface area (Å²) >= 11 is 12.2. The van der Waals surface area contributed by atoms with E-state index in [2.05, 4.69) is 25.2 Å². The number of benzene rings is 1. The van der Waals surface area contributed by atoms with Crippen LogP contribution in [0.15, 0.2) is 18.2 Å². The van der Waals surface area contributed by atoms with Gasteiger partial charge in [-0.15, -0.1) is 0 Å². The monoisotopic (exact) mass is 287 g/mol. The Kier molecular flexibility index (Phi) is 7.73. The molecule has 0 aliphatic rings. The van der Waals surface area contributed by atoms with Gasteiger partial charge in [0.05, 0.1) is 10.0 Å². The highest BCUT2D eigenvalue weighted by Gasteiger charge is 2.07. The SMILES string of the molecule is CCCNC(CC)CCCc1cccc(Cl)c1Cl. The van der Waals surface area contributed by atoms with Crippen molar-refractivity contribution in [3.8, 4) is 0 Å². The maximum atomic E-state index is 6.18. The van der Waals surface area contributed by atoms with Crippen LogP contribution in [0, 0.1) is 0 Å². The fourth-order valence-corrected chi connectivity index (χ4v) is 2.49. The molecule has 1 atom stereocenters. The van der Waals surface area contributed by atoms with E-state index in [4.69, 9.17) is 23.2 Å². The second-order valence-electron chi connectivity index (χ2n) is 4.66. The highest BCUT2D eigenvalue weighted by atomic mass is 35.5. The first-order valence-corrected chi connectivity index (χ1v) is 7.60. The van der Waals surface area contributed by atoms with E-state index in [9.17, 15) is 0 Å². The molecule has 1 aromatic carbocycles. The third-order valence-corrected chi connectivity index (χ3v) is 4.06. The molecule has 0 aromatic heterocycles. The molecule has 1 N–H and O–H groups in total. The summed E-state index contributed by atoms with van der Waals surface area (Å²) in [6, 6.07) is 6.50. The predicted octanol–water partition coefficient (Wildman–Crippen LogP) is 5.09. The van der Waals surface area contributed by atoms with E-state index in [1.54, 1.807) is 0 Å². The Labute approximate surface area is 121 Å². The molecular weight excluding hydrogens is 265 g/mol. The van der Waals surface area contributed by atoms with Crippen LogP contribution in [-0.4, -0.2) is 12.6 Å². The first kappa shape index (κ1) is 15.8. The van der Waals surface area contributed by atoms with Crippen LogP contribution in [0.4, 0.5) is 0 Å². The molecule has 1 nitrogen and oxygen atoms in total. The number of halogens is 2. The van der Waals surface area contributed by atoms with Crippen LogP contribution in [0.2, 0.25) is 10.0 Å². The summed E-state index contributed by atoms with van der Waals surface area (Å²) in [5.41, 5.74) is 1.16. The highest BCUT2D eigenvalue weighted by Crippen LogP contribution is 2.26. The summed E-state index contributed by atoms with van der Waals surface area (Å²) < 4.78 is 0. The summed E-state index contributed by atoms with van der Waals surface area (Å²) in [4.78, 5) is 0. The van der Waals surface area contributed by atoms with Gasteiger partial charge in [-0.3, -0.25) is 0 Å². The van der Waals surface area contributed by atoms with Crippen molar-refractivity contribution in [1.82, 2.24) is 5.32 Å². The molecule has 0 heterocycles. The summed E-state index contributed by atoms with van der Waals surface area (Å²) in [5, 5.41) is 4.95. The normalized spacial score (nSPS) is 12.7. The molecule has 102 valence electrons. The molecule has 0 fully saturated rings. The minimum Gasteiger partial charge on any atom is -0.314 e. The van der Waals surface area contributed by atoms with E-state index in [-0.39, 0.29) is 0 Å². The lowest BCUT2D eigenvalue weighted by atomic mass is 10.0. The van der Waals surface area contributed by atoms with E-state index < -0.39 is 0 Å². The zero-order chi connectivity index (χ0) is 13.4. The minimum atomic E-state index is 0.628. The van der Waals surface area contributed by atoms with Gasteiger partial charge in [-0.2, -0.15) is 0 Å². The molecule has 3 heteroatoms. The molecule has 0 aliphatic heterocycles. The Morgan fingerprint density at radius 2 is 2.00 bits per heavy atom. The second-order valence-corrected chi connectivity index (χ2v) is 5.45. The molecule has 0 saturated carbocycles. The molecule has 0 spiro atoms. The summed E-state index contributed by atoms with van der Waals surface area (Å²) in [6.45, 7) is 5.54. The number of nitrogens with one attached hydrogen (secondary N) is 1. The van der Waals surface area contributed by atoms with Crippen LogP contribution in [0.3, 0.4) is 0 Å². The van der Waals surface area contributed by atoms with Gasteiger partial charge in [0.1, 0.15) is 0 Å². The van der Waals surface area contributed by atoms with Crippen LogP contribution in [0.25, 0.3) is 0 Å². The maximum Gasteiger partial charge on any atom is 0.0624 e. The number of aryl methyl sites for hydroxylation is 1. The van der Waals surface area contributed by atoms with Crippen molar-refractivity contribution < 1.29 is 0 Å². The Balaban J connectivity index is 2.38.